The summed E-state index contributed by atoms with van der Waals surface area (Å²) in [4.78, 5) is 2.19. The minimum atomic E-state index is -0.0594. The molecule has 0 saturated heterocycles. The van der Waals surface area contributed by atoms with Gasteiger partial charge in [-0.25, -0.2) is 0 Å². The zero-order chi connectivity index (χ0) is 12.5. The SMILES string of the molecule is COCCN(CCOC)Cc1ccc(CO)o1. The van der Waals surface area contributed by atoms with E-state index in [1.165, 1.54) is 0 Å². The molecule has 5 nitrogen and oxygen atoms in total. The van der Waals surface area contributed by atoms with Gasteiger partial charge in [-0.15, -0.1) is 0 Å². The molecule has 0 aliphatic carbocycles. The summed E-state index contributed by atoms with van der Waals surface area (Å²) in [7, 11) is 3.37. The Bertz CT molecular complexity index is 292. The van der Waals surface area contributed by atoms with E-state index in [0.29, 0.717) is 25.5 Å². The highest BCUT2D eigenvalue weighted by Gasteiger charge is 2.08. The summed E-state index contributed by atoms with van der Waals surface area (Å²) in [6.45, 7) is 3.65. The standard InChI is InChI=1S/C12H21NO4/c1-15-7-5-13(6-8-16-2)9-11-3-4-12(10-14)17-11/h3-4,14H,5-10H2,1-2H3. The first-order chi connectivity index (χ1) is 8.30. The fourth-order valence-electron chi connectivity index (χ4n) is 1.52. The molecule has 0 fully saturated rings. The van der Waals surface area contributed by atoms with Crippen molar-refractivity contribution in [2.75, 3.05) is 40.5 Å². The molecule has 0 bridgehead atoms. The van der Waals surface area contributed by atoms with Crippen LogP contribution in [0.2, 0.25) is 0 Å². The predicted octanol–water partition coefficient (Wildman–Crippen LogP) is 0.867. The molecule has 0 saturated carbocycles. The molecule has 0 atom stereocenters. The Morgan fingerprint density at radius 1 is 1.12 bits per heavy atom. The van der Waals surface area contributed by atoms with E-state index in [4.69, 9.17) is 19.0 Å². The quantitative estimate of drug-likeness (QED) is 0.697. The molecular formula is C12H21NO4. The van der Waals surface area contributed by atoms with Crippen molar-refractivity contribution < 1.29 is 19.0 Å². The van der Waals surface area contributed by atoms with E-state index in [1.807, 2.05) is 6.07 Å². The first kappa shape index (κ1) is 14.2. The van der Waals surface area contributed by atoms with Crippen molar-refractivity contribution in [3.8, 4) is 0 Å². The highest BCUT2D eigenvalue weighted by Crippen LogP contribution is 2.10. The fourth-order valence-corrected chi connectivity index (χ4v) is 1.52. The topological polar surface area (TPSA) is 55.1 Å². The summed E-state index contributed by atoms with van der Waals surface area (Å²) in [5.74, 6) is 1.44. The Labute approximate surface area is 102 Å². The maximum Gasteiger partial charge on any atom is 0.129 e. The van der Waals surface area contributed by atoms with Crippen LogP contribution in [-0.4, -0.2) is 50.5 Å². The Kier molecular flexibility index (Phi) is 6.88. The first-order valence-corrected chi connectivity index (χ1v) is 5.68. The van der Waals surface area contributed by atoms with E-state index in [0.717, 1.165) is 18.8 Å². The number of furan rings is 1. The van der Waals surface area contributed by atoms with Gasteiger partial charge in [0.05, 0.1) is 19.8 Å². The minimum Gasteiger partial charge on any atom is -0.462 e. The lowest BCUT2D eigenvalue weighted by Gasteiger charge is -2.20. The van der Waals surface area contributed by atoms with Crippen LogP contribution >= 0.6 is 0 Å². The second-order valence-electron chi connectivity index (χ2n) is 3.79. The van der Waals surface area contributed by atoms with Gasteiger partial charge < -0.3 is 19.0 Å². The Morgan fingerprint density at radius 3 is 2.18 bits per heavy atom. The van der Waals surface area contributed by atoms with Gasteiger partial charge in [0.15, 0.2) is 0 Å². The van der Waals surface area contributed by atoms with E-state index in [1.54, 1.807) is 20.3 Å². The average molecular weight is 243 g/mol. The van der Waals surface area contributed by atoms with Gasteiger partial charge in [0, 0.05) is 27.3 Å². The Morgan fingerprint density at radius 2 is 1.71 bits per heavy atom. The van der Waals surface area contributed by atoms with Crippen molar-refractivity contribution >= 4 is 0 Å². The Balaban J connectivity index is 2.45. The molecule has 0 aliphatic heterocycles. The molecule has 1 heterocycles. The second kappa shape index (κ2) is 8.25. The zero-order valence-corrected chi connectivity index (χ0v) is 10.5. The molecule has 1 N–H and O–H groups in total. The third kappa shape index (κ3) is 5.32. The van der Waals surface area contributed by atoms with Gasteiger partial charge in [0.2, 0.25) is 0 Å². The lowest BCUT2D eigenvalue weighted by Crippen LogP contribution is -2.30. The van der Waals surface area contributed by atoms with Crippen molar-refractivity contribution in [2.24, 2.45) is 0 Å². The van der Waals surface area contributed by atoms with E-state index in [9.17, 15) is 0 Å². The molecule has 0 radical (unpaired) electrons. The van der Waals surface area contributed by atoms with Crippen LogP contribution in [0.1, 0.15) is 11.5 Å². The van der Waals surface area contributed by atoms with Crippen molar-refractivity contribution in [3.63, 3.8) is 0 Å². The lowest BCUT2D eigenvalue weighted by molar-refractivity contribution is 0.105. The highest BCUT2D eigenvalue weighted by atomic mass is 16.5. The maximum absolute atomic E-state index is 8.92. The number of methoxy groups -OCH3 is 2. The smallest absolute Gasteiger partial charge is 0.129 e. The Hall–Kier alpha value is -0.880. The number of nitrogens with zero attached hydrogens (tertiary/aromatic N) is 1. The fraction of sp³-hybridized carbons (Fsp3) is 0.667. The molecule has 0 unspecified atom stereocenters. The number of aliphatic hydroxyl groups excluding tert-OH is 1. The van der Waals surface area contributed by atoms with Gasteiger partial charge in [-0.05, 0) is 12.1 Å². The average Bonchev–Trinajstić information content (AvgIpc) is 2.80. The number of rotatable bonds is 9. The van der Waals surface area contributed by atoms with Gasteiger partial charge in [-0.3, -0.25) is 4.90 Å². The van der Waals surface area contributed by atoms with E-state index >= 15 is 0 Å². The van der Waals surface area contributed by atoms with Crippen LogP contribution in [-0.2, 0) is 22.6 Å². The van der Waals surface area contributed by atoms with E-state index in [2.05, 4.69) is 4.90 Å². The molecule has 1 aromatic heterocycles. The summed E-state index contributed by atoms with van der Waals surface area (Å²) in [5, 5.41) is 8.92. The molecule has 0 spiro atoms. The van der Waals surface area contributed by atoms with Crippen LogP contribution in [0.15, 0.2) is 16.5 Å². The summed E-state index contributed by atoms with van der Waals surface area (Å²) in [6.07, 6.45) is 0. The van der Waals surface area contributed by atoms with Crippen LogP contribution < -0.4 is 0 Å². The lowest BCUT2D eigenvalue weighted by atomic mass is 10.3. The summed E-state index contributed by atoms with van der Waals surface area (Å²) in [6, 6.07) is 3.68. The third-order valence-electron chi connectivity index (χ3n) is 2.48. The highest BCUT2D eigenvalue weighted by molar-refractivity contribution is 5.06. The number of aliphatic hydroxyl groups is 1. The molecular weight excluding hydrogens is 222 g/mol. The molecule has 0 aliphatic rings. The summed E-state index contributed by atoms with van der Waals surface area (Å²) >= 11 is 0. The second-order valence-corrected chi connectivity index (χ2v) is 3.79. The third-order valence-corrected chi connectivity index (χ3v) is 2.48. The van der Waals surface area contributed by atoms with E-state index < -0.39 is 0 Å². The van der Waals surface area contributed by atoms with E-state index in [-0.39, 0.29) is 6.61 Å². The van der Waals surface area contributed by atoms with Crippen LogP contribution in [0.5, 0.6) is 0 Å². The van der Waals surface area contributed by atoms with Crippen molar-refractivity contribution in [1.82, 2.24) is 4.90 Å². The van der Waals surface area contributed by atoms with Gasteiger partial charge in [-0.1, -0.05) is 0 Å². The molecule has 98 valence electrons. The molecule has 0 amide bonds. The van der Waals surface area contributed by atoms with Crippen LogP contribution in [0, 0.1) is 0 Å². The first-order valence-electron chi connectivity index (χ1n) is 5.68. The normalized spacial score (nSPS) is 11.3. The number of ether oxygens (including phenoxy) is 2. The van der Waals surface area contributed by atoms with Gasteiger partial charge >= 0.3 is 0 Å². The van der Waals surface area contributed by atoms with Crippen LogP contribution in [0.25, 0.3) is 0 Å². The summed E-state index contributed by atoms with van der Waals surface area (Å²) in [5.41, 5.74) is 0. The molecule has 1 rings (SSSR count). The van der Waals surface area contributed by atoms with Gasteiger partial charge in [0.1, 0.15) is 18.1 Å². The minimum absolute atomic E-state index is 0.0594. The number of hydrogen-bond acceptors (Lipinski definition) is 5. The molecule has 1 aromatic rings. The van der Waals surface area contributed by atoms with Gasteiger partial charge in [-0.2, -0.15) is 0 Å². The summed E-state index contributed by atoms with van der Waals surface area (Å²) < 4.78 is 15.6. The molecule has 17 heavy (non-hydrogen) atoms. The number of hydrogen-bond donors (Lipinski definition) is 1. The maximum atomic E-state index is 8.92. The monoisotopic (exact) mass is 243 g/mol. The van der Waals surface area contributed by atoms with Crippen molar-refractivity contribution in [3.05, 3.63) is 23.7 Å². The van der Waals surface area contributed by atoms with Crippen LogP contribution in [0.4, 0.5) is 0 Å². The van der Waals surface area contributed by atoms with Crippen molar-refractivity contribution in [2.45, 2.75) is 13.2 Å². The van der Waals surface area contributed by atoms with Crippen LogP contribution in [0.3, 0.4) is 0 Å². The van der Waals surface area contributed by atoms with Crippen molar-refractivity contribution in [1.29, 1.82) is 0 Å². The molecule has 0 aromatic carbocycles. The predicted molar refractivity (Wildman–Crippen MR) is 63.7 cm³/mol. The zero-order valence-electron chi connectivity index (χ0n) is 10.5. The largest absolute Gasteiger partial charge is 0.462 e. The van der Waals surface area contributed by atoms with Gasteiger partial charge in [0.25, 0.3) is 0 Å². The molecule has 5 heteroatoms.